The fraction of sp³-hybridized carbons (Fsp3) is 0.250. The maximum Gasteiger partial charge on any atom is 0.0374 e. The van der Waals surface area contributed by atoms with Gasteiger partial charge in [-0.3, -0.25) is 0 Å². The van der Waals surface area contributed by atoms with Crippen LogP contribution in [-0.2, 0) is 6.42 Å². The molecule has 0 atom stereocenters. The van der Waals surface area contributed by atoms with E-state index in [1.807, 2.05) is 0 Å². The van der Waals surface area contributed by atoms with Crippen molar-refractivity contribution in [2.24, 2.45) is 0 Å². The summed E-state index contributed by atoms with van der Waals surface area (Å²) in [5, 5.41) is 3.32. The molecular formula is C8H8IN. The van der Waals surface area contributed by atoms with E-state index >= 15 is 0 Å². The van der Waals surface area contributed by atoms with E-state index in [0.29, 0.717) is 0 Å². The minimum Gasteiger partial charge on any atom is -0.384 e. The minimum atomic E-state index is 1.11. The van der Waals surface area contributed by atoms with Gasteiger partial charge in [-0.1, -0.05) is 0 Å². The van der Waals surface area contributed by atoms with Crippen LogP contribution in [0.2, 0.25) is 0 Å². The molecule has 0 bridgehead atoms. The lowest BCUT2D eigenvalue weighted by molar-refractivity contribution is 1.10. The van der Waals surface area contributed by atoms with Crippen LogP contribution in [0.15, 0.2) is 18.2 Å². The molecule has 2 heteroatoms. The van der Waals surface area contributed by atoms with Gasteiger partial charge < -0.3 is 5.32 Å². The third kappa shape index (κ3) is 1.00. The molecular weight excluding hydrogens is 237 g/mol. The van der Waals surface area contributed by atoms with Crippen molar-refractivity contribution in [3.05, 3.63) is 27.3 Å². The van der Waals surface area contributed by atoms with Crippen LogP contribution in [0.3, 0.4) is 0 Å². The van der Waals surface area contributed by atoms with E-state index in [4.69, 9.17) is 0 Å². The Balaban J connectivity index is 2.52. The molecule has 1 aromatic rings. The largest absolute Gasteiger partial charge is 0.384 e. The predicted molar refractivity (Wildman–Crippen MR) is 51.4 cm³/mol. The van der Waals surface area contributed by atoms with E-state index in [2.05, 4.69) is 46.1 Å². The summed E-state index contributed by atoms with van der Waals surface area (Å²) in [5.74, 6) is 0. The number of hydrogen-bond donors (Lipinski definition) is 1. The Kier molecular flexibility index (Phi) is 1.56. The zero-order valence-corrected chi connectivity index (χ0v) is 7.68. The fourth-order valence-electron chi connectivity index (χ4n) is 1.27. The van der Waals surface area contributed by atoms with Crippen molar-refractivity contribution in [3.8, 4) is 0 Å². The number of anilines is 1. The van der Waals surface area contributed by atoms with Crippen LogP contribution in [0.1, 0.15) is 5.56 Å². The van der Waals surface area contributed by atoms with Crippen LogP contribution in [0.5, 0.6) is 0 Å². The molecule has 0 saturated carbocycles. The molecule has 0 fully saturated rings. The van der Waals surface area contributed by atoms with Crippen LogP contribution in [0, 0.1) is 3.57 Å². The summed E-state index contributed by atoms with van der Waals surface area (Å²) in [7, 11) is 0. The van der Waals surface area contributed by atoms with Gasteiger partial charge in [0.1, 0.15) is 0 Å². The van der Waals surface area contributed by atoms with Crippen LogP contribution in [0.25, 0.3) is 0 Å². The van der Waals surface area contributed by atoms with Crippen molar-refractivity contribution in [2.45, 2.75) is 6.42 Å². The summed E-state index contributed by atoms with van der Waals surface area (Å²) >= 11 is 2.35. The molecule has 1 N–H and O–H groups in total. The van der Waals surface area contributed by atoms with Gasteiger partial charge in [-0.25, -0.2) is 0 Å². The highest BCUT2D eigenvalue weighted by atomic mass is 127. The maximum atomic E-state index is 3.32. The summed E-state index contributed by atoms with van der Waals surface area (Å²) in [6.45, 7) is 1.11. The van der Waals surface area contributed by atoms with Crippen molar-refractivity contribution in [2.75, 3.05) is 11.9 Å². The predicted octanol–water partition coefficient (Wildman–Crippen LogP) is 2.26. The molecule has 2 rings (SSSR count). The second kappa shape index (κ2) is 2.42. The molecule has 1 aliphatic rings. The van der Waals surface area contributed by atoms with E-state index in [1.54, 1.807) is 0 Å². The number of hydrogen-bond acceptors (Lipinski definition) is 1. The van der Waals surface area contributed by atoms with Crippen LogP contribution in [-0.4, -0.2) is 6.54 Å². The normalized spacial score (nSPS) is 14.5. The van der Waals surface area contributed by atoms with E-state index in [1.165, 1.54) is 21.2 Å². The lowest BCUT2D eigenvalue weighted by Gasteiger charge is -1.97. The molecule has 0 unspecified atom stereocenters. The standard InChI is InChI=1S/C8H8IN/c9-7-1-2-8-6(5-7)3-4-10-8/h1-2,5,10H,3-4H2. The zero-order valence-electron chi connectivity index (χ0n) is 5.52. The first-order chi connectivity index (χ1) is 4.86. The molecule has 10 heavy (non-hydrogen) atoms. The fourth-order valence-corrected chi connectivity index (χ4v) is 1.83. The molecule has 1 aliphatic heterocycles. The monoisotopic (exact) mass is 245 g/mol. The zero-order chi connectivity index (χ0) is 6.97. The first-order valence-electron chi connectivity index (χ1n) is 3.38. The van der Waals surface area contributed by atoms with Gasteiger partial charge in [-0.05, 0) is 52.8 Å². The van der Waals surface area contributed by atoms with Gasteiger partial charge in [0.2, 0.25) is 0 Å². The number of fused-ring (bicyclic) bond motifs is 1. The van der Waals surface area contributed by atoms with Gasteiger partial charge in [0.05, 0.1) is 0 Å². The first kappa shape index (κ1) is 6.46. The van der Waals surface area contributed by atoms with Gasteiger partial charge in [0, 0.05) is 15.8 Å². The van der Waals surface area contributed by atoms with Crippen molar-refractivity contribution >= 4 is 28.3 Å². The Bertz CT molecular complexity index is 257. The van der Waals surface area contributed by atoms with Crippen molar-refractivity contribution in [3.63, 3.8) is 0 Å². The van der Waals surface area contributed by atoms with Gasteiger partial charge in [0.15, 0.2) is 0 Å². The molecule has 0 spiro atoms. The Morgan fingerprint density at radius 1 is 1.40 bits per heavy atom. The second-order valence-corrected chi connectivity index (χ2v) is 3.72. The first-order valence-corrected chi connectivity index (χ1v) is 4.46. The Labute approximate surface area is 74.0 Å². The second-order valence-electron chi connectivity index (χ2n) is 2.48. The Morgan fingerprint density at radius 3 is 3.20 bits per heavy atom. The quantitative estimate of drug-likeness (QED) is 0.691. The van der Waals surface area contributed by atoms with Crippen LogP contribution in [0.4, 0.5) is 5.69 Å². The van der Waals surface area contributed by atoms with E-state index in [9.17, 15) is 0 Å². The van der Waals surface area contributed by atoms with Crippen LogP contribution < -0.4 is 5.32 Å². The molecule has 0 amide bonds. The van der Waals surface area contributed by atoms with Gasteiger partial charge in [-0.2, -0.15) is 0 Å². The maximum absolute atomic E-state index is 3.32. The summed E-state index contributed by atoms with van der Waals surface area (Å²) in [6, 6.07) is 6.54. The minimum absolute atomic E-state index is 1.11. The van der Waals surface area contributed by atoms with Crippen LogP contribution >= 0.6 is 22.6 Å². The number of benzene rings is 1. The highest BCUT2D eigenvalue weighted by molar-refractivity contribution is 14.1. The van der Waals surface area contributed by atoms with Crippen molar-refractivity contribution < 1.29 is 0 Å². The summed E-state index contributed by atoms with van der Waals surface area (Å²) in [5.41, 5.74) is 2.78. The average molecular weight is 245 g/mol. The summed E-state index contributed by atoms with van der Waals surface area (Å²) in [4.78, 5) is 0. The topological polar surface area (TPSA) is 12.0 Å². The van der Waals surface area contributed by atoms with E-state index in [0.717, 1.165) is 6.54 Å². The molecule has 0 saturated heterocycles. The van der Waals surface area contributed by atoms with E-state index in [-0.39, 0.29) is 0 Å². The van der Waals surface area contributed by atoms with Crippen molar-refractivity contribution in [1.29, 1.82) is 0 Å². The lowest BCUT2D eigenvalue weighted by atomic mass is 10.2. The molecule has 0 radical (unpaired) electrons. The van der Waals surface area contributed by atoms with Gasteiger partial charge in [0.25, 0.3) is 0 Å². The van der Waals surface area contributed by atoms with E-state index < -0.39 is 0 Å². The molecule has 0 aromatic heterocycles. The summed E-state index contributed by atoms with van der Waals surface area (Å²) < 4.78 is 1.33. The highest BCUT2D eigenvalue weighted by Gasteiger charge is 2.08. The Morgan fingerprint density at radius 2 is 2.30 bits per heavy atom. The third-order valence-corrected chi connectivity index (χ3v) is 2.45. The number of nitrogens with one attached hydrogen (secondary N) is 1. The smallest absolute Gasteiger partial charge is 0.0374 e. The SMILES string of the molecule is Ic1ccc2c(c1)CCN2. The van der Waals surface area contributed by atoms with Gasteiger partial charge in [-0.15, -0.1) is 0 Å². The molecule has 52 valence electrons. The molecule has 0 aliphatic carbocycles. The number of rotatable bonds is 0. The highest BCUT2D eigenvalue weighted by Crippen LogP contribution is 2.23. The Hall–Kier alpha value is -0.250. The average Bonchev–Trinajstić information content (AvgIpc) is 2.33. The molecule has 1 aromatic carbocycles. The molecule has 1 nitrogen and oxygen atoms in total. The molecule has 1 heterocycles. The van der Waals surface area contributed by atoms with Crippen molar-refractivity contribution in [1.82, 2.24) is 0 Å². The lowest BCUT2D eigenvalue weighted by Crippen LogP contribution is -1.90. The number of halogens is 1. The van der Waals surface area contributed by atoms with Gasteiger partial charge >= 0.3 is 0 Å². The summed E-state index contributed by atoms with van der Waals surface area (Å²) in [6.07, 6.45) is 1.19. The third-order valence-electron chi connectivity index (χ3n) is 1.78.